The maximum Gasteiger partial charge on any atom is 0.252 e. The number of amidine groups is 1. The first-order valence-electron chi connectivity index (χ1n) is 10.9. The van der Waals surface area contributed by atoms with Crippen LogP contribution in [-0.2, 0) is 4.79 Å². The van der Waals surface area contributed by atoms with Gasteiger partial charge in [0.15, 0.2) is 0 Å². The van der Waals surface area contributed by atoms with Crippen molar-refractivity contribution in [3.8, 4) is 0 Å². The highest BCUT2D eigenvalue weighted by Crippen LogP contribution is 2.52. The van der Waals surface area contributed by atoms with Crippen molar-refractivity contribution >= 4 is 17.4 Å². The van der Waals surface area contributed by atoms with Gasteiger partial charge in [0.1, 0.15) is 12.0 Å². The van der Waals surface area contributed by atoms with Crippen LogP contribution in [0, 0.1) is 11.8 Å². The summed E-state index contributed by atoms with van der Waals surface area (Å²) < 4.78 is 2.10. The average molecular weight is 410 g/mol. The first-order valence-corrected chi connectivity index (χ1v) is 10.9. The fraction of sp³-hybridized carbons (Fsp3) is 0.458. The molecule has 0 saturated heterocycles. The quantitative estimate of drug-likeness (QED) is 0.772. The summed E-state index contributed by atoms with van der Waals surface area (Å²) in [5, 5.41) is 3.56. The second-order valence-electron chi connectivity index (χ2n) is 7.73. The number of nitrogens with zero attached hydrogens (tertiary/aromatic N) is 4. The van der Waals surface area contributed by atoms with Gasteiger partial charge in [0, 0.05) is 55.2 Å². The van der Waals surface area contributed by atoms with E-state index in [2.05, 4.69) is 40.9 Å². The van der Waals surface area contributed by atoms with Crippen LogP contribution in [0.25, 0.3) is 5.70 Å². The maximum absolute atomic E-state index is 12.3. The van der Waals surface area contributed by atoms with Gasteiger partial charge in [-0.25, -0.2) is 9.98 Å². The lowest BCUT2D eigenvalue weighted by molar-refractivity contribution is -0.122. The van der Waals surface area contributed by atoms with Gasteiger partial charge in [0.05, 0.1) is 6.33 Å². The molecule has 1 aromatic heterocycles. The van der Waals surface area contributed by atoms with Crippen molar-refractivity contribution in [2.45, 2.75) is 54.1 Å². The fourth-order valence-electron chi connectivity index (χ4n) is 3.99. The molecule has 0 bridgehead atoms. The Morgan fingerprint density at radius 2 is 2.07 bits per heavy atom. The molecule has 3 aliphatic rings. The van der Waals surface area contributed by atoms with Crippen molar-refractivity contribution in [2.24, 2.45) is 16.8 Å². The second-order valence-corrected chi connectivity index (χ2v) is 7.73. The van der Waals surface area contributed by atoms with E-state index in [0.29, 0.717) is 18.4 Å². The van der Waals surface area contributed by atoms with Crippen molar-refractivity contribution in [3.63, 3.8) is 0 Å². The number of carbonyl (C=O) groups is 1. The fourth-order valence-corrected chi connectivity index (χ4v) is 3.99. The van der Waals surface area contributed by atoms with Gasteiger partial charge < -0.3 is 9.88 Å². The molecule has 162 valence electrons. The van der Waals surface area contributed by atoms with Crippen LogP contribution in [0.3, 0.4) is 0 Å². The van der Waals surface area contributed by atoms with E-state index >= 15 is 0 Å². The lowest BCUT2D eigenvalue weighted by atomic mass is 10.0. The molecule has 1 N–H and O–H groups in total. The number of hydrogen-bond donors (Lipinski definition) is 1. The Bertz CT molecular complexity index is 935. The van der Waals surface area contributed by atoms with E-state index in [1.54, 1.807) is 11.0 Å². The molecule has 2 aliphatic carbocycles. The standard InChI is InChI=1S/C22H27N5O.C2H6.H2/c1-5-27-21(28)9-6-16(14(2)3)22(27)25-15(4)24-19-7-8-20(18-12-17(18)19)26-11-10-23-13-26;1-2;/h6-11,13,15,17-18,24H,5,12H2,1-4H3;1-2H3;1H/b25-22+;;. The van der Waals surface area contributed by atoms with Crippen molar-refractivity contribution in [3.05, 3.63) is 59.9 Å². The van der Waals surface area contributed by atoms with Crippen molar-refractivity contribution in [1.82, 2.24) is 19.8 Å². The van der Waals surface area contributed by atoms with Gasteiger partial charge >= 0.3 is 0 Å². The highest BCUT2D eigenvalue weighted by atomic mass is 16.2. The Hall–Kier alpha value is -2.89. The molecule has 1 aromatic rings. The SMILES string of the molecule is CC.CCN1C(=O)C=CC(=C(C)C)/C1=N\C(C)NC1=CC=C(n2ccnc2)C2CC12.[HH]. The summed E-state index contributed by atoms with van der Waals surface area (Å²) in [5.74, 6) is 1.81. The van der Waals surface area contributed by atoms with E-state index in [-0.39, 0.29) is 13.5 Å². The number of allylic oxidation sites excluding steroid dienone is 5. The monoisotopic (exact) mass is 409 g/mol. The molecule has 3 unspecified atom stereocenters. The van der Waals surface area contributed by atoms with Crippen molar-refractivity contribution in [1.29, 1.82) is 0 Å². The Balaban J connectivity index is 0.00000111. The van der Waals surface area contributed by atoms with Gasteiger partial charge in [-0.3, -0.25) is 9.69 Å². The molecule has 1 saturated carbocycles. The number of rotatable bonds is 5. The summed E-state index contributed by atoms with van der Waals surface area (Å²) in [6.45, 7) is 12.7. The first-order chi connectivity index (χ1) is 14.5. The zero-order valence-electron chi connectivity index (χ0n) is 18.9. The molecule has 1 aliphatic heterocycles. The molecule has 4 rings (SSSR count). The van der Waals surface area contributed by atoms with Crippen LogP contribution >= 0.6 is 0 Å². The van der Waals surface area contributed by atoms with Gasteiger partial charge in [-0.1, -0.05) is 19.4 Å². The summed E-state index contributed by atoms with van der Waals surface area (Å²) in [5.41, 5.74) is 4.71. The summed E-state index contributed by atoms with van der Waals surface area (Å²) in [7, 11) is 0. The number of imidazole rings is 1. The topological polar surface area (TPSA) is 62.5 Å². The predicted molar refractivity (Wildman–Crippen MR) is 125 cm³/mol. The number of carbonyl (C=O) groups excluding carboxylic acids is 1. The Labute approximate surface area is 181 Å². The third kappa shape index (κ3) is 4.32. The van der Waals surface area contributed by atoms with Gasteiger partial charge in [0.2, 0.25) is 0 Å². The van der Waals surface area contributed by atoms with E-state index in [9.17, 15) is 4.79 Å². The first kappa shape index (κ1) is 21.8. The van der Waals surface area contributed by atoms with E-state index in [4.69, 9.17) is 4.99 Å². The summed E-state index contributed by atoms with van der Waals surface area (Å²) >= 11 is 0. The smallest absolute Gasteiger partial charge is 0.252 e. The molecule has 6 heteroatoms. The molecule has 1 fully saturated rings. The van der Waals surface area contributed by atoms with Gasteiger partial charge in [-0.2, -0.15) is 0 Å². The second kappa shape index (κ2) is 9.28. The lowest BCUT2D eigenvalue weighted by Gasteiger charge is -2.28. The molecular weight excluding hydrogens is 374 g/mol. The van der Waals surface area contributed by atoms with Gasteiger partial charge in [0.25, 0.3) is 5.91 Å². The highest BCUT2D eigenvalue weighted by molar-refractivity contribution is 6.15. The summed E-state index contributed by atoms with van der Waals surface area (Å²) in [4.78, 5) is 23.0. The van der Waals surface area contributed by atoms with Crippen molar-refractivity contribution < 1.29 is 6.22 Å². The molecular formula is C24H35N5O. The Morgan fingerprint density at radius 3 is 2.70 bits per heavy atom. The maximum atomic E-state index is 12.3. The minimum atomic E-state index is -0.117. The van der Waals surface area contributed by atoms with Crippen LogP contribution in [0.15, 0.2) is 64.9 Å². The molecule has 3 atom stereocenters. The number of aromatic nitrogens is 2. The van der Waals surface area contributed by atoms with Crippen LogP contribution in [0.5, 0.6) is 0 Å². The minimum Gasteiger partial charge on any atom is -0.367 e. The van der Waals surface area contributed by atoms with E-state index in [1.807, 2.05) is 52.5 Å². The van der Waals surface area contributed by atoms with E-state index in [1.165, 1.54) is 11.4 Å². The third-order valence-electron chi connectivity index (χ3n) is 5.51. The number of fused-ring (bicyclic) bond motifs is 1. The number of hydrogen-bond acceptors (Lipinski definition) is 4. The van der Waals surface area contributed by atoms with Crippen LogP contribution in [0.2, 0.25) is 0 Å². The van der Waals surface area contributed by atoms with Crippen LogP contribution in [0.1, 0.15) is 49.4 Å². The number of nitrogens with one attached hydrogen (secondary N) is 1. The highest BCUT2D eigenvalue weighted by Gasteiger charge is 2.45. The molecule has 0 spiro atoms. The minimum absolute atomic E-state index is 0. The average Bonchev–Trinajstić information content (AvgIpc) is 3.36. The largest absolute Gasteiger partial charge is 0.367 e. The number of likely N-dealkylation sites (N-methyl/N-ethyl adjacent to an activating group) is 1. The molecule has 0 aromatic carbocycles. The molecule has 6 nitrogen and oxygen atoms in total. The molecule has 30 heavy (non-hydrogen) atoms. The van der Waals surface area contributed by atoms with Gasteiger partial charge in [-0.05, 0) is 52.3 Å². The van der Waals surface area contributed by atoms with Crippen LogP contribution < -0.4 is 5.32 Å². The van der Waals surface area contributed by atoms with Crippen LogP contribution in [0.4, 0.5) is 0 Å². The van der Waals surface area contributed by atoms with Crippen LogP contribution in [-0.4, -0.2) is 38.9 Å². The normalized spacial score (nSPS) is 24.5. The predicted octanol–water partition coefficient (Wildman–Crippen LogP) is 4.62. The Kier molecular flexibility index (Phi) is 6.75. The lowest BCUT2D eigenvalue weighted by Crippen LogP contribution is -2.41. The number of aliphatic imine (C=N–C) groups is 1. The molecule has 0 radical (unpaired) electrons. The third-order valence-corrected chi connectivity index (χ3v) is 5.51. The van der Waals surface area contributed by atoms with E-state index < -0.39 is 0 Å². The molecule has 1 amide bonds. The number of amides is 1. The Morgan fingerprint density at radius 1 is 1.30 bits per heavy atom. The zero-order valence-corrected chi connectivity index (χ0v) is 18.9. The molecule has 2 heterocycles. The van der Waals surface area contributed by atoms with Gasteiger partial charge in [-0.15, -0.1) is 0 Å². The summed E-state index contributed by atoms with van der Waals surface area (Å²) in [6, 6.07) is 0. The summed E-state index contributed by atoms with van der Waals surface area (Å²) in [6.07, 6.45) is 14.5. The van der Waals surface area contributed by atoms with Crippen molar-refractivity contribution in [2.75, 3.05) is 6.54 Å². The van der Waals surface area contributed by atoms with E-state index in [0.717, 1.165) is 23.4 Å². The zero-order chi connectivity index (χ0) is 21.8.